The maximum atomic E-state index is 12.9. The van der Waals surface area contributed by atoms with Gasteiger partial charge in [-0.3, -0.25) is 18.7 Å². The van der Waals surface area contributed by atoms with Crippen molar-refractivity contribution in [2.24, 2.45) is 7.05 Å². The zero-order valence-electron chi connectivity index (χ0n) is 16.3. The number of carbonyl (C=O) groups is 1. The van der Waals surface area contributed by atoms with E-state index in [0.29, 0.717) is 40.3 Å². The van der Waals surface area contributed by atoms with Crippen molar-refractivity contribution in [3.8, 4) is 5.75 Å². The van der Waals surface area contributed by atoms with Gasteiger partial charge < -0.3 is 10.1 Å². The van der Waals surface area contributed by atoms with Crippen LogP contribution in [0, 0.1) is 13.8 Å². The summed E-state index contributed by atoms with van der Waals surface area (Å²) in [5.41, 5.74) is 1.08. The molecular formula is C20H22N4O4. The van der Waals surface area contributed by atoms with Crippen molar-refractivity contribution in [1.29, 1.82) is 0 Å². The molecule has 0 fully saturated rings. The van der Waals surface area contributed by atoms with E-state index in [-0.39, 0.29) is 0 Å². The number of aryl methyl sites for hydroxylation is 3. The summed E-state index contributed by atoms with van der Waals surface area (Å²) >= 11 is 0. The van der Waals surface area contributed by atoms with Crippen LogP contribution in [0.2, 0.25) is 0 Å². The quantitative estimate of drug-likeness (QED) is 0.725. The molecule has 0 spiro atoms. The summed E-state index contributed by atoms with van der Waals surface area (Å²) < 4.78 is 7.69. The van der Waals surface area contributed by atoms with Crippen LogP contribution in [-0.4, -0.2) is 26.6 Å². The second-order valence-electron chi connectivity index (χ2n) is 6.49. The Labute approximate surface area is 161 Å². The lowest BCUT2D eigenvalue weighted by Gasteiger charge is -2.13. The van der Waals surface area contributed by atoms with Gasteiger partial charge in [0.2, 0.25) is 5.91 Å². The molecule has 0 aliphatic rings. The molecule has 0 unspecified atom stereocenters. The molecule has 3 rings (SSSR count). The Kier molecular flexibility index (Phi) is 5.30. The maximum Gasteiger partial charge on any atom is 0.332 e. The third kappa shape index (κ3) is 3.53. The predicted molar refractivity (Wildman–Crippen MR) is 107 cm³/mol. The molecule has 28 heavy (non-hydrogen) atoms. The summed E-state index contributed by atoms with van der Waals surface area (Å²) in [6.07, 6.45) is 0. The van der Waals surface area contributed by atoms with Crippen LogP contribution in [0.5, 0.6) is 5.75 Å². The molecule has 1 aromatic carbocycles. The number of benzene rings is 1. The van der Waals surface area contributed by atoms with Crippen molar-refractivity contribution >= 4 is 22.6 Å². The Hall–Kier alpha value is -3.42. The first kappa shape index (κ1) is 19.3. The summed E-state index contributed by atoms with van der Waals surface area (Å²) in [5.74, 6) is 0.0241. The predicted octanol–water partition coefficient (Wildman–Crippen LogP) is 1.75. The highest BCUT2D eigenvalue weighted by Crippen LogP contribution is 2.23. The number of hydrogen-bond donors (Lipinski definition) is 1. The summed E-state index contributed by atoms with van der Waals surface area (Å²) in [5, 5.41) is 3.03. The molecule has 0 aliphatic carbocycles. The second kappa shape index (κ2) is 7.67. The van der Waals surface area contributed by atoms with Crippen LogP contribution in [0.3, 0.4) is 0 Å². The van der Waals surface area contributed by atoms with Crippen molar-refractivity contribution in [3.05, 3.63) is 62.4 Å². The molecule has 0 radical (unpaired) electrons. The van der Waals surface area contributed by atoms with Crippen molar-refractivity contribution in [1.82, 2.24) is 14.1 Å². The van der Waals surface area contributed by atoms with E-state index >= 15 is 0 Å². The van der Waals surface area contributed by atoms with E-state index in [1.165, 1.54) is 11.6 Å². The number of ether oxygens (including phenoxy) is 1. The number of para-hydroxylation sites is 2. The van der Waals surface area contributed by atoms with Crippen LogP contribution < -0.4 is 21.3 Å². The van der Waals surface area contributed by atoms with Crippen LogP contribution in [0.25, 0.3) is 11.0 Å². The molecule has 3 aromatic rings. The highest BCUT2D eigenvalue weighted by Gasteiger charge is 2.17. The molecule has 0 bridgehead atoms. The first-order valence-electron chi connectivity index (χ1n) is 8.93. The van der Waals surface area contributed by atoms with E-state index in [1.807, 2.05) is 6.92 Å². The molecule has 1 amide bonds. The van der Waals surface area contributed by atoms with Crippen LogP contribution >= 0.6 is 0 Å². The number of aromatic nitrogens is 3. The molecule has 0 saturated carbocycles. The van der Waals surface area contributed by atoms with E-state index in [0.717, 1.165) is 4.57 Å². The molecule has 1 N–H and O–H groups in total. The average Bonchev–Trinajstić information content (AvgIpc) is 2.64. The lowest BCUT2D eigenvalue weighted by Crippen LogP contribution is -2.42. The lowest BCUT2D eigenvalue weighted by molar-refractivity contribution is -0.116. The minimum atomic E-state index is -0.594. The van der Waals surface area contributed by atoms with Gasteiger partial charge in [0.15, 0.2) is 0 Å². The minimum Gasteiger partial charge on any atom is -0.492 e. The Bertz CT molecular complexity index is 1180. The lowest BCUT2D eigenvalue weighted by atomic mass is 10.2. The van der Waals surface area contributed by atoms with E-state index in [1.54, 1.807) is 44.2 Å². The molecule has 0 saturated heterocycles. The van der Waals surface area contributed by atoms with Gasteiger partial charge in [-0.15, -0.1) is 0 Å². The SMILES string of the molecule is CCOc1ccccc1NC(=O)Cn1c(=O)c2c(C)cc(C)nc2n(C)c1=O. The Morgan fingerprint density at radius 2 is 1.93 bits per heavy atom. The van der Waals surface area contributed by atoms with E-state index < -0.39 is 23.7 Å². The average molecular weight is 382 g/mol. The largest absolute Gasteiger partial charge is 0.492 e. The Balaban J connectivity index is 2.00. The molecule has 8 nitrogen and oxygen atoms in total. The van der Waals surface area contributed by atoms with Gasteiger partial charge in [0, 0.05) is 12.7 Å². The molecule has 0 aliphatic heterocycles. The molecule has 2 aromatic heterocycles. The van der Waals surface area contributed by atoms with Crippen molar-refractivity contribution in [2.45, 2.75) is 27.3 Å². The van der Waals surface area contributed by atoms with Crippen molar-refractivity contribution < 1.29 is 9.53 Å². The number of anilines is 1. The summed E-state index contributed by atoms with van der Waals surface area (Å²) in [7, 11) is 1.54. The smallest absolute Gasteiger partial charge is 0.332 e. The fourth-order valence-corrected chi connectivity index (χ4v) is 3.14. The van der Waals surface area contributed by atoms with E-state index in [4.69, 9.17) is 4.74 Å². The van der Waals surface area contributed by atoms with Gasteiger partial charge >= 0.3 is 5.69 Å². The first-order chi connectivity index (χ1) is 13.3. The number of hydrogen-bond acceptors (Lipinski definition) is 5. The van der Waals surface area contributed by atoms with Gasteiger partial charge in [0.05, 0.1) is 17.7 Å². The Morgan fingerprint density at radius 1 is 1.21 bits per heavy atom. The highest BCUT2D eigenvalue weighted by molar-refractivity contribution is 5.92. The van der Waals surface area contributed by atoms with Gasteiger partial charge in [-0.05, 0) is 44.5 Å². The fourth-order valence-electron chi connectivity index (χ4n) is 3.14. The van der Waals surface area contributed by atoms with Crippen LogP contribution in [0.4, 0.5) is 5.69 Å². The van der Waals surface area contributed by atoms with Crippen LogP contribution in [-0.2, 0) is 18.4 Å². The summed E-state index contributed by atoms with van der Waals surface area (Å²) in [6, 6.07) is 8.76. The van der Waals surface area contributed by atoms with Gasteiger partial charge in [0.25, 0.3) is 5.56 Å². The standard InChI is InChI=1S/C20H22N4O4/c1-5-28-15-9-7-6-8-14(15)22-16(25)11-24-19(26)17-12(2)10-13(3)21-18(17)23(4)20(24)27/h6-10H,5,11H2,1-4H3,(H,22,25). The van der Waals surface area contributed by atoms with Gasteiger partial charge in [-0.1, -0.05) is 12.1 Å². The van der Waals surface area contributed by atoms with Crippen molar-refractivity contribution in [2.75, 3.05) is 11.9 Å². The molecule has 0 atom stereocenters. The number of nitrogens with zero attached hydrogens (tertiary/aromatic N) is 3. The third-order valence-electron chi connectivity index (χ3n) is 4.38. The summed E-state index contributed by atoms with van der Waals surface area (Å²) in [6.45, 7) is 5.46. The molecule has 8 heteroatoms. The number of amides is 1. The molecule has 2 heterocycles. The van der Waals surface area contributed by atoms with E-state index in [2.05, 4.69) is 10.3 Å². The fraction of sp³-hybridized carbons (Fsp3) is 0.300. The van der Waals surface area contributed by atoms with Gasteiger partial charge in [0.1, 0.15) is 17.9 Å². The topological polar surface area (TPSA) is 95.2 Å². The number of pyridine rings is 1. The second-order valence-corrected chi connectivity index (χ2v) is 6.49. The summed E-state index contributed by atoms with van der Waals surface area (Å²) in [4.78, 5) is 42.4. The molecule has 146 valence electrons. The normalized spacial score (nSPS) is 10.9. The maximum absolute atomic E-state index is 12.9. The Morgan fingerprint density at radius 3 is 2.64 bits per heavy atom. The van der Waals surface area contributed by atoms with Crippen LogP contribution in [0.1, 0.15) is 18.2 Å². The monoisotopic (exact) mass is 382 g/mol. The van der Waals surface area contributed by atoms with Gasteiger partial charge in [-0.2, -0.15) is 0 Å². The molecular weight excluding hydrogens is 360 g/mol. The van der Waals surface area contributed by atoms with E-state index in [9.17, 15) is 14.4 Å². The minimum absolute atomic E-state index is 0.311. The number of rotatable bonds is 5. The van der Waals surface area contributed by atoms with Crippen LogP contribution in [0.15, 0.2) is 39.9 Å². The third-order valence-corrected chi connectivity index (χ3v) is 4.38. The van der Waals surface area contributed by atoms with Gasteiger partial charge in [-0.25, -0.2) is 9.78 Å². The van der Waals surface area contributed by atoms with Crippen molar-refractivity contribution in [3.63, 3.8) is 0 Å². The number of carbonyl (C=O) groups excluding carboxylic acids is 1. The zero-order chi connectivity index (χ0) is 20.4. The highest BCUT2D eigenvalue weighted by atomic mass is 16.5. The zero-order valence-corrected chi connectivity index (χ0v) is 16.3. The number of nitrogens with one attached hydrogen (secondary N) is 1. The number of fused-ring (bicyclic) bond motifs is 1. The first-order valence-corrected chi connectivity index (χ1v) is 8.93.